The molecule has 0 fully saturated rings. The number of benzene rings is 1. The van der Waals surface area contributed by atoms with E-state index in [1.54, 1.807) is 24.3 Å². The van der Waals surface area contributed by atoms with Crippen LogP contribution in [-0.2, 0) is 4.74 Å². The van der Waals surface area contributed by atoms with Gasteiger partial charge in [0.15, 0.2) is 0 Å². The van der Waals surface area contributed by atoms with E-state index in [9.17, 15) is 4.79 Å². The smallest absolute Gasteiger partial charge is 0.337 e. The van der Waals surface area contributed by atoms with E-state index in [4.69, 9.17) is 4.42 Å². The first kappa shape index (κ1) is 9.39. The molecule has 1 aromatic carbocycles. The first-order valence-electron chi connectivity index (χ1n) is 4.26. The molecule has 2 rings (SSSR count). The van der Waals surface area contributed by atoms with Crippen LogP contribution in [0, 0.1) is 0 Å². The predicted molar refractivity (Wildman–Crippen MR) is 51.1 cm³/mol. The number of carbonyl (C=O) groups excluding carboxylic acids is 1. The zero-order chi connectivity index (χ0) is 10.7. The summed E-state index contributed by atoms with van der Waals surface area (Å²) in [7, 11) is 1.34. The molecular weight excluding hydrogens is 196 g/mol. The van der Waals surface area contributed by atoms with Gasteiger partial charge in [-0.1, -0.05) is 0 Å². The molecule has 0 saturated carbocycles. The summed E-state index contributed by atoms with van der Waals surface area (Å²) >= 11 is 0. The molecule has 0 saturated heterocycles. The minimum atomic E-state index is -0.368. The van der Waals surface area contributed by atoms with Crippen molar-refractivity contribution >= 4 is 5.97 Å². The summed E-state index contributed by atoms with van der Waals surface area (Å²) < 4.78 is 9.58. The Hall–Kier alpha value is -2.17. The summed E-state index contributed by atoms with van der Waals surface area (Å²) in [4.78, 5) is 11.1. The molecule has 0 spiro atoms. The van der Waals surface area contributed by atoms with E-state index in [0.717, 1.165) is 5.56 Å². The van der Waals surface area contributed by atoms with Gasteiger partial charge in [-0.2, -0.15) is 0 Å². The lowest BCUT2D eigenvalue weighted by Crippen LogP contribution is -2.00. The third-order valence-electron chi connectivity index (χ3n) is 1.91. The second kappa shape index (κ2) is 3.91. The third kappa shape index (κ3) is 1.85. The average molecular weight is 204 g/mol. The summed E-state index contributed by atoms with van der Waals surface area (Å²) in [5.74, 6) is 0.0542. The Labute approximate surface area is 85.7 Å². The van der Waals surface area contributed by atoms with Crippen molar-refractivity contribution < 1.29 is 13.9 Å². The highest BCUT2D eigenvalue weighted by Crippen LogP contribution is 2.16. The van der Waals surface area contributed by atoms with Gasteiger partial charge < -0.3 is 9.15 Å². The van der Waals surface area contributed by atoms with E-state index in [2.05, 4.69) is 14.9 Å². The van der Waals surface area contributed by atoms with Gasteiger partial charge in [-0.15, -0.1) is 10.2 Å². The summed E-state index contributed by atoms with van der Waals surface area (Å²) in [6, 6.07) is 6.73. The van der Waals surface area contributed by atoms with Crippen molar-refractivity contribution in [3.05, 3.63) is 36.2 Å². The van der Waals surface area contributed by atoms with Crippen molar-refractivity contribution in [1.82, 2.24) is 10.2 Å². The molecule has 0 aliphatic rings. The molecule has 76 valence electrons. The summed E-state index contributed by atoms with van der Waals surface area (Å²) in [6.07, 6.45) is 1.25. The van der Waals surface area contributed by atoms with Crippen molar-refractivity contribution in [3.8, 4) is 11.5 Å². The van der Waals surface area contributed by atoms with Crippen LogP contribution in [0.15, 0.2) is 35.1 Å². The van der Waals surface area contributed by atoms with Crippen LogP contribution in [0.5, 0.6) is 0 Å². The van der Waals surface area contributed by atoms with E-state index < -0.39 is 0 Å². The van der Waals surface area contributed by atoms with Crippen LogP contribution < -0.4 is 0 Å². The molecule has 0 N–H and O–H groups in total. The molecule has 15 heavy (non-hydrogen) atoms. The first-order chi connectivity index (χ1) is 7.31. The highest BCUT2D eigenvalue weighted by molar-refractivity contribution is 5.89. The van der Waals surface area contributed by atoms with Crippen LogP contribution in [0.1, 0.15) is 10.4 Å². The monoisotopic (exact) mass is 204 g/mol. The second-order valence-corrected chi connectivity index (χ2v) is 2.81. The maximum Gasteiger partial charge on any atom is 0.337 e. The Balaban J connectivity index is 2.29. The molecule has 0 bridgehead atoms. The highest BCUT2D eigenvalue weighted by atomic mass is 16.5. The standard InChI is InChI=1S/C10H8N2O3/c1-14-10(13)8-4-2-7(3-5-8)9-12-11-6-15-9/h2-6H,1H3. The first-order valence-corrected chi connectivity index (χ1v) is 4.26. The number of methoxy groups -OCH3 is 1. The maximum atomic E-state index is 11.1. The highest BCUT2D eigenvalue weighted by Gasteiger charge is 2.07. The van der Waals surface area contributed by atoms with Gasteiger partial charge in [-0.3, -0.25) is 0 Å². The van der Waals surface area contributed by atoms with Crippen LogP contribution in [0.25, 0.3) is 11.5 Å². The minimum absolute atomic E-state index is 0.368. The van der Waals surface area contributed by atoms with Gasteiger partial charge in [-0.25, -0.2) is 4.79 Å². The van der Waals surface area contributed by atoms with E-state index in [1.807, 2.05) is 0 Å². The largest absolute Gasteiger partial charge is 0.465 e. The predicted octanol–water partition coefficient (Wildman–Crippen LogP) is 1.52. The van der Waals surface area contributed by atoms with Crippen LogP contribution in [0.3, 0.4) is 0 Å². The zero-order valence-corrected chi connectivity index (χ0v) is 8.01. The van der Waals surface area contributed by atoms with Crippen LogP contribution in [0.2, 0.25) is 0 Å². The molecular formula is C10H8N2O3. The lowest BCUT2D eigenvalue weighted by atomic mass is 10.1. The molecule has 5 nitrogen and oxygen atoms in total. The van der Waals surface area contributed by atoms with Crippen molar-refractivity contribution in [2.75, 3.05) is 7.11 Å². The second-order valence-electron chi connectivity index (χ2n) is 2.81. The van der Waals surface area contributed by atoms with Crippen molar-refractivity contribution in [1.29, 1.82) is 0 Å². The van der Waals surface area contributed by atoms with Gasteiger partial charge in [0.1, 0.15) is 0 Å². The SMILES string of the molecule is COC(=O)c1ccc(-c2nnco2)cc1. The number of aromatic nitrogens is 2. The van der Waals surface area contributed by atoms with Crippen LogP contribution in [0.4, 0.5) is 0 Å². The Morgan fingerprint density at radius 1 is 1.33 bits per heavy atom. The van der Waals surface area contributed by atoms with Gasteiger partial charge in [0.2, 0.25) is 12.3 Å². The summed E-state index contributed by atoms with van der Waals surface area (Å²) in [6.45, 7) is 0. The topological polar surface area (TPSA) is 65.2 Å². The Morgan fingerprint density at radius 3 is 2.60 bits per heavy atom. The number of hydrogen-bond acceptors (Lipinski definition) is 5. The molecule has 0 radical (unpaired) electrons. The molecule has 0 aliphatic carbocycles. The van der Waals surface area contributed by atoms with E-state index in [-0.39, 0.29) is 5.97 Å². The van der Waals surface area contributed by atoms with Crippen LogP contribution in [-0.4, -0.2) is 23.3 Å². The Bertz CT molecular complexity index is 448. The average Bonchev–Trinajstić information content (AvgIpc) is 2.82. The van der Waals surface area contributed by atoms with Gasteiger partial charge in [0.25, 0.3) is 0 Å². The number of esters is 1. The molecule has 0 atom stereocenters. The number of ether oxygens (including phenoxy) is 1. The number of carbonyl (C=O) groups is 1. The maximum absolute atomic E-state index is 11.1. The van der Waals surface area contributed by atoms with Gasteiger partial charge in [-0.05, 0) is 24.3 Å². The molecule has 0 unspecified atom stereocenters. The molecule has 0 amide bonds. The van der Waals surface area contributed by atoms with Crippen molar-refractivity contribution in [2.24, 2.45) is 0 Å². The molecule has 1 heterocycles. The van der Waals surface area contributed by atoms with Gasteiger partial charge in [0, 0.05) is 5.56 Å². The van der Waals surface area contributed by atoms with E-state index >= 15 is 0 Å². The lowest BCUT2D eigenvalue weighted by Gasteiger charge is -1.99. The number of hydrogen-bond donors (Lipinski definition) is 0. The fourth-order valence-corrected chi connectivity index (χ4v) is 1.17. The fraction of sp³-hybridized carbons (Fsp3) is 0.100. The van der Waals surface area contributed by atoms with E-state index in [1.165, 1.54) is 13.5 Å². The summed E-state index contributed by atoms with van der Waals surface area (Å²) in [5, 5.41) is 7.31. The van der Waals surface area contributed by atoms with Gasteiger partial charge >= 0.3 is 5.97 Å². The lowest BCUT2D eigenvalue weighted by molar-refractivity contribution is 0.0601. The summed E-state index contributed by atoms with van der Waals surface area (Å²) in [5.41, 5.74) is 1.25. The molecule has 0 aliphatic heterocycles. The Morgan fingerprint density at radius 2 is 2.07 bits per heavy atom. The molecule has 1 aromatic heterocycles. The fourth-order valence-electron chi connectivity index (χ4n) is 1.17. The minimum Gasteiger partial charge on any atom is -0.465 e. The van der Waals surface area contributed by atoms with Crippen molar-refractivity contribution in [2.45, 2.75) is 0 Å². The quantitative estimate of drug-likeness (QED) is 0.694. The molecule has 2 aromatic rings. The zero-order valence-electron chi connectivity index (χ0n) is 8.01. The van der Waals surface area contributed by atoms with E-state index in [0.29, 0.717) is 11.5 Å². The number of nitrogens with zero attached hydrogens (tertiary/aromatic N) is 2. The third-order valence-corrected chi connectivity index (χ3v) is 1.91. The normalized spacial score (nSPS) is 9.93. The van der Waals surface area contributed by atoms with Crippen LogP contribution >= 0.6 is 0 Å². The Kier molecular flexibility index (Phi) is 2.45. The molecule has 5 heteroatoms. The number of rotatable bonds is 2. The van der Waals surface area contributed by atoms with Gasteiger partial charge in [0.05, 0.1) is 12.7 Å². The van der Waals surface area contributed by atoms with Crippen molar-refractivity contribution in [3.63, 3.8) is 0 Å².